The summed E-state index contributed by atoms with van der Waals surface area (Å²) in [4.78, 5) is 11.9. The van der Waals surface area contributed by atoms with Gasteiger partial charge in [0.05, 0.1) is 6.61 Å². The lowest BCUT2D eigenvalue weighted by Gasteiger charge is -2.36. The number of rotatable bonds is 12. The molecule has 0 atom stereocenters. The summed E-state index contributed by atoms with van der Waals surface area (Å²) >= 11 is 0. The van der Waals surface area contributed by atoms with Crippen LogP contribution in [-0.2, 0) is 15.7 Å². The van der Waals surface area contributed by atoms with Crippen LogP contribution in [0, 0.1) is 5.41 Å². The third-order valence-corrected chi connectivity index (χ3v) is 7.37. The average Bonchev–Trinajstić information content (AvgIpc) is 2.85. The van der Waals surface area contributed by atoms with Gasteiger partial charge in [-0.05, 0) is 41.0 Å². The second-order valence-electron chi connectivity index (χ2n) is 12.3. The first-order valence-corrected chi connectivity index (χ1v) is 13.6. The highest BCUT2D eigenvalue weighted by Crippen LogP contribution is 2.45. The molecule has 0 saturated heterocycles. The Morgan fingerprint density at radius 2 is 1.11 bits per heavy atom. The first kappa shape index (κ1) is 28.0. The maximum absolute atomic E-state index is 6.08. The molecule has 0 radical (unpaired) electrons. The van der Waals surface area contributed by atoms with E-state index in [-0.39, 0.29) is 10.8 Å². The van der Waals surface area contributed by atoms with Gasteiger partial charge in [0.15, 0.2) is 5.75 Å². The van der Waals surface area contributed by atoms with E-state index >= 15 is 0 Å². The van der Waals surface area contributed by atoms with Crippen molar-refractivity contribution in [2.24, 2.45) is 5.41 Å². The summed E-state index contributed by atoms with van der Waals surface area (Å²) in [5.74, 6) is 0.804. The van der Waals surface area contributed by atoms with Gasteiger partial charge in [0, 0.05) is 16.4 Å². The van der Waals surface area contributed by atoms with Gasteiger partial charge in [-0.1, -0.05) is 141 Å². The summed E-state index contributed by atoms with van der Waals surface area (Å²) in [5.41, 5.74) is 4.92. The molecular weight excluding hydrogens is 440 g/mol. The van der Waals surface area contributed by atoms with Crippen molar-refractivity contribution in [3.8, 4) is 5.75 Å². The highest BCUT2D eigenvalue weighted by Gasteiger charge is 2.36. The molecule has 2 heteroatoms. The minimum absolute atomic E-state index is 0.199. The lowest BCUT2D eigenvalue weighted by Crippen LogP contribution is -2.29. The zero-order chi connectivity index (χ0) is 26.2. The van der Waals surface area contributed by atoms with Crippen LogP contribution >= 0.6 is 0 Å². The van der Waals surface area contributed by atoms with E-state index in [1.54, 1.807) is 0 Å². The van der Waals surface area contributed by atoms with Crippen LogP contribution in [0.25, 0.3) is 0 Å². The highest BCUT2D eigenvalue weighted by molar-refractivity contribution is 5.55. The molecule has 2 nitrogen and oxygen atoms in total. The molecule has 0 aromatic heterocycles. The van der Waals surface area contributed by atoms with Crippen molar-refractivity contribution in [3.05, 3.63) is 101 Å². The van der Waals surface area contributed by atoms with Crippen LogP contribution in [0.2, 0.25) is 0 Å². The maximum atomic E-state index is 6.08. The van der Waals surface area contributed by atoms with Gasteiger partial charge in [-0.3, -0.25) is 0 Å². The first-order valence-electron chi connectivity index (χ1n) is 13.6. The monoisotopic (exact) mass is 486 g/mol. The Hall–Kier alpha value is -2.58. The Morgan fingerprint density at radius 3 is 1.69 bits per heavy atom. The van der Waals surface area contributed by atoms with Crippen molar-refractivity contribution >= 4 is 0 Å². The fourth-order valence-electron chi connectivity index (χ4n) is 5.05. The second-order valence-corrected chi connectivity index (χ2v) is 12.3. The third-order valence-electron chi connectivity index (χ3n) is 7.37. The summed E-state index contributed by atoms with van der Waals surface area (Å²) in [5, 5.41) is 0. The molecule has 0 unspecified atom stereocenters. The van der Waals surface area contributed by atoms with Gasteiger partial charge < -0.3 is 4.89 Å². The zero-order valence-electron chi connectivity index (χ0n) is 23.6. The van der Waals surface area contributed by atoms with Gasteiger partial charge in [0.2, 0.25) is 0 Å². The fourth-order valence-corrected chi connectivity index (χ4v) is 5.05. The van der Waals surface area contributed by atoms with Crippen molar-refractivity contribution in [1.82, 2.24) is 0 Å². The fraction of sp³-hybridized carbons (Fsp3) is 0.471. The van der Waals surface area contributed by atoms with Gasteiger partial charge >= 0.3 is 0 Å². The van der Waals surface area contributed by atoms with Crippen LogP contribution in [-0.4, -0.2) is 6.61 Å². The van der Waals surface area contributed by atoms with E-state index < -0.39 is 0 Å². The number of benzene rings is 3. The summed E-state index contributed by atoms with van der Waals surface area (Å²) in [6.45, 7) is 16.7. The number of hydrogen-bond acceptors (Lipinski definition) is 2. The van der Waals surface area contributed by atoms with Crippen LogP contribution in [0.1, 0.15) is 103 Å². The SMILES string of the molecule is CC(C)(C)CCCCCCOOc1cccc(C(C)(C)c2ccccc2)c1C(C)(C)c1ccccc1. The van der Waals surface area contributed by atoms with E-state index in [0.717, 1.165) is 12.2 Å². The van der Waals surface area contributed by atoms with Gasteiger partial charge in [0.1, 0.15) is 0 Å². The van der Waals surface area contributed by atoms with Crippen LogP contribution in [0.3, 0.4) is 0 Å². The number of unbranched alkanes of at least 4 members (excludes halogenated alkanes) is 3. The Balaban J connectivity index is 1.83. The van der Waals surface area contributed by atoms with E-state index in [9.17, 15) is 0 Å². The van der Waals surface area contributed by atoms with Crippen LogP contribution < -0.4 is 4.89 Å². The van der Waals surface area contributed by atoms with Gasteiger partial charge in [-0.2, -0.15) is 4.89 Å². The molecule has 0 fully saturated rings. The zero-order valence-corrected chi connectivity index (χ0v) is 23.6. The molecule has 0 aliphatic rings. The molecule has 0 saturated carbocycles. The standard InChI is InChI=1S/C34H46O2/c1-32(2,3)25-16-8-9-17-26-35-36-30-24-18-23-29(33(4,5)27-19-12-10-13-20-27)31(30)34(6,7)28-21-14-11-15-22-28/h10-15,18-24H,8-9,16-17,25-26H2,1-7H3. The van der Waals surface area contributed by atoms with Crippen LogP contribution in [0.5, 0.6) is 5.75 Å². The first-order chi connectivity index (χ1) is 17.0. The predicted molar refractivity (Wildman–Crippen MR) is 153 cm³/mol. The lowest BCUT2D eigenvalue weighted by atomic mass is 9.68. The Morgan fingerprint density at radius 1 is 0.556 bits per heavy atom. The van der Waals surface area contributed by atoms with E-state index in [2.05, 4.69) is 121 Å². The van der Waals surface area contributed by atoms with E-state index in [1.807, 2.05) is 6.07 Å². The average molecular weight is 487 g/mol. The molecule has 3 aromatic carbocycles. The van der Waals surface area contributed by atoms with E-state index in [1.165, 1.54) is 47.9 Å². The Kier molecular flexibility index (Phi) is 9.41. The highest BCUT2D eigenvalue weighted by atomic mass is 17.2. The Labute approximate surface area is 220 Å². The van der Waals surface area contributed by atoms with Gasteiger partial charge in [-0.15, -0.1) is 0 Å². The van der Waals surface area contributed by atoms with Crippen LogP contribution in [0.4, 0.5) is 0 Å². The predicted octanol–water partition coefficient (Wildman–Crippen LogP) is 9.65. The Bertz CT molecular complexity index is 1060. The molecule has 0 spiro atoms. The molecule has 0 aliphatic carbocycles. The van der Waals surface area contributed by atoms with E-state index in [4.69, 9.17) is 9.78 Å². The molecule has 0 N–H and O–H groups in total. The molecule has 0 aliphatic heterocycles. The maximum Gasteiger partial charge on any atom is 0.169 e. The van der Waals surface area contributed by atoms with Gasteiger partial charge in [0.25, 0.3) is 0 Å². The van der Waals surface area contributed by atoms with Crippen molar-refractivity contribution in [2.75, 3.05) is 6.61 Å². The van der Waals surface area contributed by atoms with Crippen LogP contribution in [0.15, 0.2) is 78.9 Å². The van der Waals surface area contributed by atoms with E-state index in [0.29, 0.717) is 12.0 Å². The minimum Gasteiger partial charge on any atom is -0.337 e. The largest absolute Gasteiger partial charge is 0.337 e. The molecular formula is C34H46O2. The molecule has 36 heavy (non-hydrogen) atoms. The molecule has 0 amide bonds. The second kappa shape index (κ2) is 12.1. The molecule has 0 heterocycles. The van der Waals surface area contributed by atoms with Crippen molar-refractivity contribution in [3.63, 3.8) is 0 Å². The smallest absolute Gasteiger partial charge is 0.169 e. The number of hydrogen-bond donors (Lipinski definition) is 0. The third kappa shape index (κ3) is 7.23. The van der Waals surface area contributed by atoms with Crippen molar-refractivity contribution < 1.29 is 9.78 Å². The van der Waals surface area contributed by atoms with Crippen molar-refractivity contribution in [1.29, 1.82) is 0 Å². The summed E-state index contributed by atoms with van der Waals surface area (Å²) in [6, 6.07) is 27.8. The normalized spacial score (nSPS) is 12.5. The molecule has 3 rings (SSSR count). The topological polar surface area (TPSA) is 18.5 Å². The quantitative estimate of drug-likeness (QED) is 0.144. The molecule has 3 aromatic rings. The molecule has 194 valence electrons. The van der Waals surface area contributed by atoms with Crippen molar-refractivity contribution in [2.45, 2.75) is 91.4 Å². The summed E-state index contributed by atoms with van der Waals surface area (Å²) in [6.07, 6.45) is 5.97. The van der Waals surface area contributed by atoms with Gasteiger partial charge in [-0.25, -0.2) is 0 Å². The molecule has 0 bridgehead atoms. The summed E-state index contributed by atoms with van der Waals surface area (Å²) in [7, 11) is 0. The minimum atomic E-state index is -0.268. The summed E-state index contributed by atoms with van der Waals surface area (Å²) < 4.78 is 0. The lowest BCUT2D eigenvalue weighted by molar-refractivity contribution is -0.208.